The minimum absolute atomic E-state index is 0.0916. The molecule has 27 heavy (non-hydrogen) atoms. The third-order valence-electron chi connectivity index (χ3n) is 4.07. The van der Waals surface area contributed by atoms with E-state index < -0.39 is 0 Å². The van der Waals surface area contributed by atoms with Crippen LogP contribution < -0.4 is 5.32 Å². The summed E-state index contributed by atoms with van der Waals surface area (Å²) in [7, 11) is 0. The van der Waals surface area contributed by atoms with Crippen molar-refractivity contribution in [3.05, 3.63) is 99.5 Å². The molecule has 3 rings (SSSR count). The molecule has 0 fully saturated rings. The van der Waals surface area contributed by atoms with E-state index >= 15 is 0 Å². The Bertz CT molecular complexity index is 846. The third kappa shape index (κ3) is 6.21. The third-order valence-corrected chi connectivity index (χ3v) is 4.88. The van der Waals surface area contributed by atoms with Crippen LogP contribution in [0.5, 0.6) is 0 Å². The molecule has 0 radical (unpaired) electrons. The average molecular weight is 444 g/mol. The topological polar surface area (TPSA) is 32.3 Å². The maximum atomic E-state index is 12.6. The lowest BCUT2D eigenvalue weighted by molar-refractivity contribution is -0.117. The van der Waals surface area contributed by atoms with Gasteiger partial charge in [-0.3, -0.25) is 9.69 Å². The van der Waals surface area contributed by atoms with Gasteiger partial charge in [-0.05, 0) is 29.3 Å². The van der Waals surface area contributed by atoms with E-state index in [4.69, 9.17) is 11.6 Å². The van der Waals surface area contributed by atoms with E-state index in [2.05, 4.69) is 50.4 Å². The second-order valence-electron chi connectivity index (χ2n) is 6.29. The van der Waals surface area contributed by atoms with Gasteiger partial charge < -0.3 is 5.32 Å². The van der Waals surface area contributed by atoms with Gasteiger partial charge in [0.2, 0.25) is 5.91 Å². The fraction of sp³-hybridized carbons (Fsp3) is 0.136. The number of halogens is 2. The predicted molar refractivity (Wildman–Crippen MR) is 115 cm³/mol. The highest BCUT2D eigenvalue weighted by molar-refractivity contribution is 9.10. The van der Waals surface area contributed by atoms with E-state index in [1.807, 2.05) is 42.5 Å². The molecule has 0 heterocycles. The number of benzene rings is 3. The molecule has 3 aromatic carbocycles. The Morgan fingerprint density at radius 1 is 0.889 bits per heavy atom. The van der Waals surface area contributed by atoms with Gasteiger partial charge in [0.1, 0.15) is 0 Å². The number of rotatable bonds is 7. The fourth-order valence-corrected chi connectivity index (χ4v) is 3.56. The first kappa shape index (κ1) is 19.6. The average Bonchev–Trinajstić information content (AvgIpc) is 2.66. The molecule has 0 spiro atoms. The smallest absolute Gasteiger partial charge is 0.238 e. The summed E-state index contributed by atoms with van der Waals surface area (Å²) < 4.78 is 0.875. The second kappa shape index (κ2) is 9.70. The van der Waals surface area contributed by atoms with Crippen molar-refractivity contribution in [3.8, 4) is 0 Å². The summed E-state index contributed by atoms with van der Waals surface area (Å²) in [6, 6.07) is 25.7. The number of amides is 1. The molecular formula is C22H20BrClN2O. The van der Waals surface area contributed by atoms with Gasteiger partial charge in [0.25, 0.3) is 0 Å². The summed E-state index contributed by atoms with van der Waals surface area (Å²) in [5.74, 6) is -0.0916. The molecule has 0 unspecified atom stereocenters. The van der Waals surface area contributed by atoms with Crippen molar-refractivity contribution in [1.29, 1.82) is 0 Å². The Hall–Kier alpha value is -2.14. The summed E-state index contributed by atoms with van der Waals surface area (Å²) in [4.78, 5) is 14.7. The lowest BCUT2D eigenvalue weighted by atomic mass is 10.1. The molecule has 0 aliphatic carbocycles. The molecule has 0 atom stereocenters. The summed E-state index contributed by atoms with van der Waals surface area (Å²) >= 11 is 9.58. The van der Waals surface area contributed by atoms with E-state index in [0.717, 1.165) is 4.47 Å². The summed E-state index contributed by atoms with van der Waals surface area (Å²) in [6.45, 7) is 1.66. The van der Waals surface area contributed by atoms with Crippen molar-refractivity contribution in [2.75, 3.05) is 11.9 Å². The number of carbonyl (C=O) groups excluding carboxylic acids is 1. The van der Waals surface area contributed by atoms with Gasteiger partial charge in [-0.25, -0.2) is 0 Å². The van der Waals surface area contributed by atoms with E-state index in [9.17, 15) is 4.79 Å². The zero-order valence-electron chi connectivity index (χ0n) is 14.7. The van der Waals surface area contributed by atoms with E-state index in [-0.39, 0.29) is 12.5 Å². The lowest BCUT2D eigenvalue weighted by Crippen LogP contribution is -2.32. The van der Waals surface area contributed by atoms with Crippen LogP contribution in [0.1, 0.15) is 11.1 Å². The predicted octanol–water partition coefficient (Wildman–Crippen LogP) is 5.74. The maximum Gasteiger partial charge on any atom is 0.238 e. The first-order chi connectivity index (χ1) is 13.1. The highest BCUT2D eigenvalue weighted by Gasteiger charge is 2.13. The van der Waals surface area contributed by atoms with Crippen LogP contribution in [0.2, 0.25) is 5.02 Å². The van der Waals surface area contributed by atoms with Gasteiger partial charge in [0, 0.05) is 17.6 Å². The first-order valence-electron chi connectivity index (χ1n) is 8.65. The van der Waals surface area contributed by atoms with Gasteiger partial charge in [-0.1, -0.05) is 88.2 Å². The monoisotopic (exact) mass is 442 g/mol. The number of hydrogen-bond donors (Lipinski definition) is 1. The largest absolute Gasteiger partial charge is 0.324 e. The molecule has 138 valence electrons. The van der Waals surface area contributed by atoms with Gasteiger partial charge >= 0.3 is 0 Å². The molecule has 3 aromatic rings. The van der Waals surface area contributed by atoms with Crippen molar-refractivity contribution in [2.45, 2.75) is 13.1 Å². The number of nitrogens with one attached hydrogen (secondary N) is 1. The molecule has 0 saturated carbocycles. The van der Waals surface area contributed by atoms with E-state index in [1.54, 1.807) is 12.1 Å². The van der Waals surface area contributed by atoms with Crippen molar-refractivity contribution in [1.82, 2.24) is 4.90 Å². The van der Waals surface area contributed by atoms with Crippen LogP contribution in [-0.2, 0) is 17.9 Å². The Morgan fingerprint density at radius 2 is 1.44 bits per heavy atom. The molecule has 5 heteroatoms. The molecule has 0 saturated heterocycles. The molecule has 0 aliphatic heterocycles. The van der Waals surface area contributed by atoms with Gasteiger partial charge in [0.05, 0.1) is 17.3 Å². The Balaban J connectivity index is 1.70. The maximum absolute atomic E-state index is 12.6. The first-order valence-corrected chi connectivity index (χ1v) is 9.82. The molecule has 0 aromatic heterocycles. The van der Waals surface area contributed by atoms with Crippen molar-refractivity contribution >= 4 is 39.1 Å². The van der Waals surface area contributed by atoms with E-state index in [1.165, 1.54) is 11.1 Å². The van der Waals surface area contributed by atoms with Gasteiger partial charge in [-0.2, -0.15) is 0 Å². The van der Waals surface area contributed by atoms with Gasteiger partial charge in [0.15, 0.2) is 0 Å². The highest BCUT2D eigenvalue weighted by Crippen LogP contribution is 2.25. The zero-order valence-corrected chi connectivity index (χ0v) is 17.1. The summed E-state index contributed by atoms with van der Waals surface area (Å²) in [5, 5.41) is 3.42. The minimum atomic E-state index is -0.0916. The summed E-state index contributed by atoms with van der Waals surface area (Å²) in [6.07, 6.45) is 0. The molecule has 3 nitrogen and oxygen atoms in total. The Labute approximate surface area is 173 Å². The van der Waals surface area contributed by atoms with Crippen LogP contribution in [0.25, 0.3) is 0 Å². The van der Waals surface area contributed by atoms with Crippen molar-refractivity contribution < 1.29 is 4.79 Å². The fourth-order valence-electron chi connectivity index (χ4n) is 2.83. The van der Waals surface area contributed by atoms with Crippen LogP contribution in [0, 0.1) is 0 Å². The number of carbonyl (C=O) groups is 1. The zero-order chi connectivity index (χ0) is 19.1. The van der Waals surface area contributed by atoms with E-state index in [0.29, 0.717) is 23.8 Å². The highest BCUT2D eigenvalue weighted by atomic mass is 79.9. The Morgan fingerprint density at radius 3 is 1.96 bits per heavy atom. The number of hydrogen-bond acceptors (Lipinski definition) is 2. The lowest BCUT2D eigenvalue weighted by Gasteiger charge is -2.22. The minimum Gasteiger partial charge on any atom is -0.324 e. The molecule has 1 amide bonds. The quantitative estimate of drug-likeness (QED) is 0.505. The molecule has 0 bridgehead atoms. The summed E-state index contributed by atoms with van der Waals surface area (Å²) in [5.41, 5.74) is 2.95. The van der Waals surface area contributed by atoms with Crippen LogP contribution in [0.4, 0.5) is 5.69 Å². The Kier molecular flexibility index (Phi) is 7.04. The standard InChI is InChI=1S/C22H20BrClN2O/c23-19-11-12-21(20(24)13-19)25-22(27)16-26(14-17-7-3-1-4-8-17)15-18-9-5-2-6-10-18/h1-13H,14-16H2,(H,25,27). The van der Waals surface area contributed by atoms with Crippen LogP contribution in [0.3, 0.4) is 0 Å². The second-order valence-corrected chi connectivity index (χ2v) is 7.61. The molecular weight excluding hydrogens is 424 g/mol. The van der Waals surface area contributed by atoms with Crippen molar-refractivity contribution in [2.24, 2.45) is 0 Å². The van der Waals surface area contributed by atoms with Crippen LogP contribution in [0.15, 0.2) is 83.3 Å². The number of anilines is 1. The molecule has 0 aliphatic rings. The van der Waals surface area contributed by atoms with Crippen LogP contribution >= 0.6 is 27.5 Å². The van der Waals surface area contributed by atoms with Gasteiger partial charge in [-0.15, -0.1) is 0 Å². The SMILES string of the molecule is O=C(CN(Cc1ccccc1)Cc1ccccc1)Nc1ccc(Br)cc1Cl. The van der Waals surface area contributed by atoms with Crippen molar-refractivity contribution in [3.63, 3.8) is 0 Å². The molecule has 1 N–H and O–H groups in total. The number of nitrogens with zero attached hydrogens (tertiary/aromatic N) is 1. The van der Waals surface area contributed by atoms with Crippen LogP contribution in [-0.4, -0.2) is 17.4 Å². The normalized spacial score (nSPS) is 10.8.